The van der Waals surface area contributed by atoms with Crippen molar-refractivity contribution >= 4 is 0 Å². The molecule has 14 heavy (non-hydrogen) atoms. The van der Waals surface area contributed by atoms with E-state index < -0.39 is 0 Å². The number of nitrogens with zero attached hydrogens (tertiary/aromatic N) is 3. The summed E-state index contributed by atoms with van der Waals surface area (Å²) in [6.07, 6.45) is 1.77. The highest BCUT2D eigenvalue weighted by Gasteiger charge is 2.19. The van der Waals surface area contributed by atoms with Gasteiger partial charge in [0.25, 0.3) is 0 Å². The van der Waals surface area contributed by atoms with Gasteiger partial charge in [0.2, 0.25) is 0 Å². The van der Waals surface area contributed by atoms with Crippen LogP contribution in [0.15, 0.2) is 4.63 Å². The molecule has 78 valence electrons. The second-order valence-electron chi connectivity index (χ2n) is 3.83. The summed E-state index contributed by atoms with van der Waals surface area (Å²) in [5.74, 6) is 0. The number of hydrogen-bond donors (Lipinski definition) is 1. The van der Waals surface area contributed by atoms with Gasteiger partial charge in [0.1, 0.15) is 11.4 Å². The van der Waals surface area contributed by atoms with Crippen LogP contribution < -0.4 is 0 Å². The number of aliphatic hydroxyl groups is 1. The fourth-order valence-corrected chi connectivity index (χ4v) is 1.78. The molecule has 0 aromatic carbocycles. The Balaban J connectivity index is 1.94. The average molecular weight is 197 g/mol. The summed E-state index contributed by atoms with van der Waals surface area (Å²) in [5, 5.41) is 17.0. The van der Waals surface area contributed by atoms with Crippen molar-refractivity contribution < 1.29 is 9.74 Å². The topological polar surface area (TPSA) is 62.4 Å². The molecule has 1 fully saturated rings. The van der Waals surface area contributed by atoms with Gasteiger partial charge < -0.3 is 5.11 Å². The van der Waals surface area contributed by atoms with Crippen LogP contribution in [0.4, 0.5) is 0 Å². The molecule has 1 N–H and O–H groups in total. The van der Waals surface area contributed by atoms with E-state index in [1.807, 2.05) is 6.92 Å². The highest BCUT2D eigenvalue weighted by atomic mass is 16.6. The first-order valence-corrected chi connectivity index (χ1v) is 4.94. The zero-order valence-corrected chi connectivity index (χ0v) is 8.31. The normalized spacial score (nSPS) is 24.0. The number of piperidine rings is 1. The van der Waals surface area contributed by atoms with E-state index in [-0.39, 0.29) is 6.10 Å². The molecular weight excluding hydrogens is 182 g/mol. The summed E-state index contributed by atoms with van der Waals surface area (Å²) in [5.41, 5.74) is 1.71. The lowest BCUT2D eigenvalue weighted by atomic mass is 10.1. The Morgan fingerprint density at radius 3 is 3.07 bits per heavy atom. The van der Waals surface area contributed by atoms with E-state index >= 15 is 0 Å². The van der Waals surface area contributed by atoms with Crippen molar-refractivity contribution in [2.75, 3.05) is 13.1 Å². The van der Waals surface area contributed by atoms with Crippen molar-refractivity contribution in [1.29, 1.82) is 0 Å². The fraction of sp³-hybridized carbons (Fsp3) is 0.778. The number of aromatic nitrogens is 2. The molecule has 1 aliphatic heterocycles. The molecule has 0 radical (unpaired) electrons. The van der Waals surface area contributed by atoms with E-state index in [1.165, 1.54) is 0 Å². The largest absolute Gasteiger partial charge is 0.392 e. The number of aliphatic hydroxyl groups excluding tert-OH is 1. The van der Waals surface area contributed by atoms with Crippen LogP contribution in [0.25, 0.3) is 0 Å². The van der Waals surface area contributed by atoms with E-state index in [0.29, 0.717) is 0 Å². The molecule has 0 aliphatic carbocycles. The van der Waals surface area contributed by atoms with Gasteiger partial charge in [-0.1, -0.05) is 10.3 Å². The first-order chi connectivity index (χ1) is 6.75. The third kappa shape index (κ3) is 2.10. The second-order valence-corrected chi connectivity index (χ2v) is 3.83. The molecule has 2 heterocycles. The molecule has 0 saturated carbocycles. The minimum Gasteiger partial charge on any atom is -0.392 e. The van der Waals surface area contributed by atoms with E-state index in [0.717, 1.165) is 43.9 Å². The summed E-state index contributed by atoms with van der Waals surface area (Å²) >= 11 is 0. The standard InChI is InChI=1S/C9H15N3O2/c1-7-9(11-14-10-7)6-12-4-2-3-8(13)5-12/h8,13H,2-6H2,1H3/t8-/m0/s1. The third-order valence-electron chi connectivity index (χ3n) is 2.60. The number of aryl methyl sites for hydroxylation is 1. The molecule has 2 rings (SSSR count). The van der Waals surface area contributed by atoms with Crippen molar-refractivity contribution in [2.24, 2.45) is 0 Å². The molecule has 5 nitrogen and oxygen atoms in total. The van der Waals surface area contributed by atoms with Crippen LogP contribution in [-0.2, 0) is 6.54 Å². The molecule has 1 aliphatic rings. The van der Waals surface area contributed by atoms with Crippen molar-refractivity contribution in [2.45, 2.75) is 32.4 Å². The van der Waals surface area contributed by atoms with Gasteiger partial charge in [-0.05, 0) is 26.3 Å². The number of rotatable bonds is 2. The van der Waals surface area contributed by atoms with Gasteiger partial charge in [0, 0.05) is 13.1 Å². The molecule has 1 saturated heterocycles. The van der Waals surface area contributed by atoms with Gasteiger partial charge in [-0.25, -0.2) is 4.63 Å². The maximum absolute atomic E-state index is 9.48. The SMILES string of the molecule is Cc1nonc1CN1CCC[C@H](O)C1. The molecule has 5 heteroatoms. The minimum absolute atomic E-state index is 0.191. The lowest BCUT2D eigenvalue weighted by molar-refractivity contribution is 0.0655. The Labute approximate surface area is 82.7 Å². The summed E-state index contributed by atoms with van der Waals surface area (Å²) in [7, 11) is 0. The Morgan fingerprint density at radius 1 is 1.57 bits per heavy atom. The van der Waals surface area contributed by atoms with Gasteiger partial charge >= 0.3 is 0 Å². The second kappa shape index (κ2) is 4.06. The number of likely N-dealkylation sites (tertiary alicyclic amines) is 1. The van der Waals surface area contributed by atoms with Crippen LogP contribution in [0.1, 0.15) is 24.2 Å². The maximum atomic E-state index is 9.48. The molecular formula is C9H15N3O2. The van der Waals surface area contributed by atoms with Crippen molar-refractivity contribution in [3.63, 3.8) is 0 Å². The lowest BCUT2D eigenvalue weighted by Crippen LogP contribution is -2.37. The Morgan fingerprint density at radius 2 is 2.43 bits per heavy atom. The van der Waals surface area contributed by atoms with Gasteiger partial charge in [0.15, 0.2) is 0 Å². The fourth-order valence-electron chi connectivity index (χ4n) is 1.78. The first-order valence-electron chi connectivity index (χ1n) is 4.94. The molecule has 1 atom stereocenters. The predicted octanol–water partition coefficient (Wildman–Crippen LogP) is 0.335. The average Bonchev–Trinajstić information content (AvgIpc) is 2.52. The number of hydrogen-bond acceptors (Lipinski definition) is 5. The predicted molar refractivity (Wildman–Crippen MR) is 49.6 cm³/mol. The summed E-state index contributed by atoms with van der Waals surface area (Å²) in [6, 6.07) is 0. The zero-order valence-electron chi connectivity index (χ0n) is 8.31. The molecule has 1 aromatic heterocycles. The third-order valence-corrected chi connectivity index (χ3v) is 2.60. The molecule has 0 bridgehead atoms. The maximum Gasteiger partial charge on any atom is 0.122 e. The van der Waals surface area contributed by atoms with Gasteiger partial charge in [0.05, 0.1) is 6.10 Å². The first kappa shape index (κ1) is 9.61. The zero-order chi connectivity index (χ0) is 9.97. The molecule has 1 aromatic rings. The van der Waals surface area contributed by atoms with Crippen LogP contribution in [0.3, 0.4) is 0 Å². The number of β-amino-alcohol motifs (C(OH)–C–C–N with tert-alkyl or cyclic N) is 1. The van der Waals surface area contributed by atoms with Crippen LogP contribution in [0.5, 0.6) is 0 Å². The van der Waals surface area contributed by atoms with Crippen LogP contribution >= 0.6 is 0 Å². The van der Waals surface area contributed by atoms with E-state index in [1.54, 1.807) is 0 Å². The highest BCUT2D eigenvalue weighted by Crippen LogP contribution is 2.13. The smallest absolute Gasteiger partial charge is 0.122 e. The molecule has 0 spiro atoms. The molecule has 0 unspecified atom stereocenters. The summed E-state index contributed by atoms with van der Waals surface area (Å²) in [6.45, 7) is 4.36. The Kier molecular flexibility index (Phi) is 2.79. The van der Waals surface area contributed by atoms with Crippen molar-refractivity contribution in [3.05, 3.63) is 11.4 Å². The van der Waals surface area contributed by atoms with Gasteiger partial charge in [-0.15, -0.1) is 0 Å². The van der Waals surface area contributed by atoms with E-state index in [2.05, 4.69) is 19.8 Å². The summed E-state index contributed by atoms with van der Waals surface area (Å²) < 4.78 is 4.62. The minimum atomic E-state index is -0.191. The van der Waals surface area contributed by atoms with Gasteiger partial charge in [-0.2, -0.15) is 0 Å². The Hall–Kier alpha value is -0.940. The van der Waals surface area contributed by atoms with E-state index in [4.69, 9.17) is 0 Å². The van der Waals surface area contributed by atoms with Crippen LogP contribution in [0.2, 0.25) is 0 Å². The quantitative estimate of drug-likeness (QED) is 0.740. The lowest BCUT2D eigenvalue weighted by Gasteiger charge is -2.29. The van der Waals surface area contributed by atoms with Crippen LogP contribution in [-0.4, -0.2) is 39.5 Å². The Bertz CT molecular complexity index is 300. The van der Waals surface area contributed by atoms with Crippen molar-refractivity contribution in [1.82, 2.24) is 15.2 Å². The van der Waals surface area contributed by atoms with Gasteiger partial charge in [-0.3, -0.25) is 4.90 Å². The van der Waals surface area contributed by atoms with E-state index in [9.17, 15) is 5.11 Å². The summed E-state index contributed by atoms with van der Waals surface area (Å²) in [4.78, 5) is 2.18. The highest BCUT2D eigenvalue weighted by molar-refractivity contribution is 5.04. The van der Waals surface area contributed by atoms with Crippen molar-refractivity contribution in [3.8, 4) is 0 Å². The monoisotopic (exact) mass is 197 g/mol. The van der Waals surface area contributed by atoms with Crippen LogP contribution in [0, 0.1) is 6.92 Å². The molecule has 0 amide bonds.